The number of carbonyl (C=O) groups excluding carboxylic acids is 2. The number of nitrogens with zero attached hydrogens (tertiary/aromatic N) is 1. The number of aryl methyl sites for hydroxylation is 1. The molecule has 3 aromatic rings. The lowest BCUT2D eigenvalue weighted by Crippen LogP contribution is -2.32. The maximum Gasteiger partial charge on any atom is 0.282 e. The second-order valence-corrected chi connectivity index (χ2v) is 7.04. The van der Waals surface area contributed by atoms with Gasteiger partial charge in [0.25, 0.3) is 11.8 Å². The van der Waals surface area contributed by atoms with Crippen LogP contribution in [0.25, 0.3) is 5.57 Å². The fourth-order valence-electron chi connectivity index (χ4n) is 3.56. The number of imide groups is 1. The van der Waals surface area contributed by atoms with Crippen molar-refractivity contribution in [2.24, 2.45) is 0 Å². The van der Waals surface area contributed by atoms with Crippen LogP contribution in [0.5, 0.6) is 11.5 Å². The van der Waals surface area contributed by atoms with E-state index in [-0.39, 0.29) is 5.70 Å². The van der Waals surface area contributed by atoms with Crippen LogP contribution in [0.2, 0.25) is 0 Å². The van der Waals surface area contributed by atoms with Crippen molar-refractivity contribution in [2.75, 3.05) is 24.4 Å². The molecule has 156 valence electrons. The van der Waals surface area contributed by atoms with Gasteiger partial charge in [-0.15, -0.1) is 0 Å². The van der Waals surface area contributed by atoms with E-state index in [0.29, 0.717) is 28.3 Å². The predicted molar refractivity (Wildman–Crippen MR) is 120 cm³/mol. The summed E-state index contributed by atoms with van der Waals surface area (Å²) in [6.07, 6.45) is 0. The summed E-state index contributed by atoms with van der Waals surface area (Å²) in [5.41, 5.74) is 3.22. The van der Waals surface area contributed by atoms with E-state index in [1.54, 1.807) is 18.2 Å². The second-order valence-electron chi connectivity index (χ2n) is 7.04. The van der Waals surface area contributed by atoms with Crippen molar-refractivity contribution >= 4 is 28.8 Å². The molecule has 1 heterocycles. The average Bonchev–Trinajstić information content (AvgIpc) is 3.04. The molecule has 6 nitrogen and oxygen atoms in total. The third-order valence-electron chi connectivity index (χ3n) is 5.18. The highest BCUT2D eigenvalue weighted by Gasteiger charge is 2.41. The van der Waals surface area contributed by atoms with Crippen molar-refractivity contribution in [1.82, 2.24) is 0 Å². The number of rotatable bonds is 6. The Morgan fingerprint density at radius 2 is 1.52 bits per heavy atom. The van der Waals surface area contributed by atoms with E-state index in [2.05, 4.69) is 5.32 Å². The molecule has 0 spiro atoms. The zero-order valence-electron chi connectivity index (χ0n) is 17.5. The minimum Gasteiger partial charge on any atom is -0.497 e. The van der Waals surface area contributed by atoms with E-state index in [0.717, 1.165) is 16.2 Å². The van der Waals surface area contributed by atoms with Crippen molar-refractivity contribution in [3.05, 3.63) is 89.6 Å². The van der Waals surface area contributed by atoms with Gasteiger partial charge in [0.15, 0.2) is 0 Å². The molecule has 0 aromatic heterocycles. The van der Waals surface area contributed by atoms with Crippen LogP contribution in [-0.4, -0.2) is 26.0 Å². The lowest BCUT2D eigenvalue weighted by Gasteiger charge is -2.19. The molecule has 1 aliphatic heterocycles. The first-order chi connectivity index (χ1) is 15.0. The van der Waals surface area contributed by atoms with E-state index in [1.165, 1.54) is 14.2 Å². The molecule has 31 heavy (non-hydrogen) atoms. The zero-order chi connectivity index (χ0) is 22.0. The van der Waals surface area contributed by atoms with Crippen LogP contribution in [0.4, 0.5) is 11.4 Å². The maximum absolute atomic E-state index is 13.6. The number of amides is 2. The molecule has 0 atom stereocenters. The molecular formula is C25H22N2O4. The number of hydrogen-bond acceptors (Lipinski definition) is 5. The summed E-state index contributed by atoms with van der Waals surface area (Å²) in [4.78, 5) is 28.3. The monoisotopic (exact) mass is 414 g/mol. The standard InChI is InChI=1S/C25H22N2O4/c1-16-9-7-8-12-19(16)26-23-22(17-10-5-4-6-11-17)24(28)27(25(23)29)20-15-18(30-2)13-14-21(20)31-3/h4-15,26H,1-3H3. The van der Waals surface area contributed by atoms with Crippen molar-refractivity contribution < 1.29 is 19.1 Å². The van der Waals surface area contributed by atoms with Crippen LogP contribution in [0, 0.1) is 6.92 Å². The smallest absolute Gasteiger partial charge is 0.282 e. The number of hydrogen-bond donors (Lipinski definition) is 1. The Bertz CT molecular complexity index is 1190. The molecule has 0 aliphatic carbocycles. The van der Waals surface area contributed by atoms with E-state index in [1.807, 2.05) is 61.5 Å². The molecule has 0 saturated carbocycles. The predicted octanol–water partition coefficient (Wildman–Crippen LogP) is 4.41. The molecule has 0 bridgehead atoms. The van der Waals surface area contributed by atoms with Crippen molar-refractivity contribution in [2.45, 2.75) is 6.92 Å². The van der Waals surface area contributed by atoms with E-state index < -0.39 is 11.8 Å². The third-order valence-corrected chi connectivity index (χ3v) is 5.18. The Morgan fingerprint density at radius 3 is 2.19 bits per heavy atom. The SMILES string of the molecule is COc1ccc(OC)c(N2C(=O)C(Nc3ccccc3C)=C(c3ccccc3)C2=O)c1. The van der Waals surface area contributed by atoms with Crippen molar-refractivity contribution in [1.29, 1.82) is 0 Å². The lowest BCUT2D eigenvalue weighted by molar-refractivity contribution is -0.120. The van der Waals surface area contributed by atoms with Gasteiger partial charge in [0.2, 0.25) is 0 Å². The molecule has 0 fully saturated rings. The zero-order valence-corrected chi connectivity index (χ0v) is 17.5. The van der Waals surface area contributed by atoms with Gasteiger partial charge in [0.1, 0.15) is 17.2 Å². The van der Waals surface area contributed by atoms with Crippen LogP contribution in [0.15, 0.2) is 78.5 Å². The molecule has 0 saturated heterocycles. The van der Waals surface area contributed by atoms with Crippen molar-refractivity contribution in [3.63, 3.8) is 0 Å². The molecule has 1 aliphatic rings. The van der Waals surface area contributed by atoms with Crippen LogP contribution in [-0.2, 0) is 9.59 Å². The molecule has 2 amide bonds. The van der Waals surface area contributed by atoms with Crippen LogP contribution in [0.3, 0.4) is 0 Å². The number of methoxy groups -OCH3 is 2. The van der Waals surface area contributed by atoms with Gasteiger partial charge in [0.05, 0.1) is 25.5 Å². The highest BCUT2D eigenvalue weighted by atomic mass is 16.5. The molecule has 0 radical (unpaired) electrons. The molecular weight excluding hydrogens is 392 g/mol. The third kappa shape index (κ3) is 3.64. The normalized spacial score (nSPS) is 13.6. The molecule has 3 aromatic carbocycles. The molecule has 0 unspecified atom stereocenters. The van der Waals surface area contributed by atoms with Gasteiger partial charge in [-0.3, -0.25) is 9.59 Å². The number of nitrogens with one attached hydrogen (secondary N) is 1. The molecule has 1 N–H and O–H groups in total. The Morgan fingerprint density at radius 1 is 0.806 bits per heavy atom. The minimum atomic E-state index is -0.460. The lowest BCUT2D eigenvalue weighted by atomic mass is 10.0. The highest BCUT2D eigenvalue weighted by Crippen LogP contribution is 2.39. The van der Waals surface area contributed by atoms with Crippen LogP contribution < -0.4 is 19.7 Å². The number of benzene rings is 3. The summed E-state index contributed by atoms with van der Waals surface area (Å²) in [7, 11) is 3.02. The first kappa shape index (κ1) is 20.2. The van der Waals surface area contributed by atoms with Gasteiger partial charge in [-0.05, 0) is 36.2 Å². The van der Waals surface area contributed by atoms with Crippen LogP contribution >= 0.6 is 0 Å². The summed E-state index contributed by atoms with van der Waals surface area (Å²) in [6, 6.07) is 21.8. The summed E-state index contributed by atoms with van der Waals surface area (Å²) in [5, 5.41) is 3.20. The number of carbonyl (C=O) groups is 2. The van der Waals surface area contributed by atoms with Gasteiger partial charge in [0, 0.05) is 11.8 Å². The summed E-state index contributed by atoms with van der Waals surface area (Å²) < 4.78 is 10.7. The Kier molecular flexibility index (Phi) is 5.45. The van der Waals surface area contributed by atoms with Gasteiger partial charge >= 0.3 is 0 Å². The molecule has 6 heteroatoms. The quantitative estimate of drug-likeness (QED) is 0.605. The Labute approximate surface area is 180 Å². The number of anilines is 2. The average molecular weight is 414 g/mol. The van der Waals surface area contributed by atoms with Gasteiger partial charge in [-0.1, -0.05) is 48.5 Å². The number of ether oxygens (including phenoxy) is 2. The fraction of sp³-hybridized carbons (Fsp3) is 0.120. The van der Waals surface area contributed by atoms with E-state index in [4.69, 9.17) is 9.47 Å². The van der Waals surface area contributed by atoms with Gasteiger partial charge in [-0.2, -0.15) is 0 Å². The summed E-state index contributed by atoms with van der Waals surface area (Å²) >= 11 is 0. The minimum absolute atomic E-state index is 0.218. The van der Waals surface area contributed by atoms with Crippen molar-refractivity contribution in [3.8, 4) is 11.5 Å². The highest BCUT2D eigenvalue weighted by molar-refractivity contribution is 6.46. The van der Waals surface area contributed by atoms with Crippen LogP contribution in [0.1, 0.15) is 11.1 Å². The largest absolute Gasteiger partial charge is 0.497 e. The second kappa shape index (κ2) is 8.36. The number of para-hydroxylation sites is 1. The topological polar surface area (TPSA) is 67.9 Å². The summed E-state index contributed by atoms with van der Waals surface area (Å²) in [5.74, 6) is 0.0162. The van der Waals surface area contributed by atoms with E-state index >= 15 is 0 Å². The maximum atomic E-state index is 13.6. The first-order valence-corrected chi connectivity index (χ1v) is 9.78. The van der Waals surface area contributed by atoms with E-state index in [9.17, 15) is 9.59 Å². The van der Waals surface area contributed by atoms with Gasteiger partial charge in [-0.25, -0.2) is 4.90 Å². The Balaban J connectivity index is 1.86. The summed E-state index contributed by atoms with van der Waals surface area (Å²) in [6.45, 7) is 1.94. The molecule has 4 rings (SSSR count). The first-order valence-electron chi connectivity index (χ1n) is 9.78. The Hall–Kier alpha value is -4.06. The fourth-order valence-corrected chi connectivity index (χ4v) is 3.56. The van der Waals surface area contributed by atoms with Gasteiger partial charge < -0.3 is 14.8 Å².